The molecule has 0 fully saturated rings. The Kier molecular flexibility index (Phi) is 3.78. The Labute approximate surface area is 144 Å². The van der Waals surface area contributed by atoms with Crippen LogP contribution in [0.25, 0.3) is 22.1 Å². The van der Waals surface area contributed by atoms with Gasteiger partial charge in [-0.3, -0.25) is 14.5 Å². The highest BCUT2D eigenvalue weighted by atomic mass is 16.3. The predicted molar refractivity (Wildman–Crippen MR) is 93.8 cm³/mol. The molecule has 0 aliphatic rings. The summed E-state index contributed by atoms with van der Waals surface area (Å²) in [6.45, 7) is 0.372. The number of furan rings is 1. The van der Waals surface area contributed by atoms with Gasteiger partial charge in [-0.1, -0.05) is 18.2 Å². The standard InChI is InChI=1S/C19H16N4O2/c1-23-12-16(11-22-23)15-6-13(8-20-10-15)9-21-19(24)18-7-14-4-2-3-5-17(14)25-18/h2-8,10-12H,9H2,1H3,(H,21,24). The first-order chi connectivity index (χ1) is 12.2. The summed E-state index contributed by atoms with van der Waals surface area (Å²) < 4.78 is 7.32. The van der Waals surface area contributed by atoms with Crippen LogP contribution in [0.3, 0.4) is 0 Å². The molecule has 4 rings (SSSR count). The summed E-state index contributed by atoms with van der Waals surface area (Å²) in [4.78, 5) is 16.6. The van der Waals surface area contributed by atoms with Crippen LogP contribution in [0, 0.1) is 0 Å². The van der Waals surface area contributed by atoms with Gasteiger partial charge in [0.15, 0.2) is 5.76 Å². The zero-order valence-electron chi connectivity index (χ0n) is 13.6. The number of aromatic nitrogens is 3. The van der Waals surface area contributed by atoms with Gasteiger partial charge in [0, 0.05) is 48.7 Å². The van der Waals surface area contributed by atoms with Crippen molar-refractivity contribution >= 4 is 16.9 Å². The number of amides is 1. The number of para-hydroxylation sites is 1. The molecule has 0 spiro atoms. The van der Waals surface area contributed by atoms with Gasteiger partial charge in [0.05, 0.1) is 6.20 Å². The number of aryl methyl sites for hydroxylation is 1. The molecule has 0 aliphatic carbocycles. The quantitative estimate of drug-likeness (QED) is 0.623. The minimum absolute atomic E-state index is 0.247. The Morgan fingerprint density at radius 3 is 2.84 bits per heavy atom. The highest BCUT2D eigenvalue weighted by Gasteiger charge is 2.12. The molecule has 0 saturated heterocycles. The van der Waals surface area contributed by atoms with E-state index < -0.39 is 0 Å². The summed E-state index contributed by atoms with van der Waals surface area (Å²) in [6, 6.07) is 11.3. The lowest BCUT2D eigenvalue weighted by atomic mass is 10.1. The van der Waals surface area contributed by atoms with Gasteiger partial charge in [-0.05, 0) is 23.8 Å². The summed E-state index contributed by atoms with van der Waals surface area (Å²) in [5, 5.41) is 7.94. The third-order valence-corrected chi connectivity index (χ3v) is 3.94. The lowest BCUT2D eigenvalue weighted by Gasteiger charge is -2.05. The maximum atomic E-state index is 12.3. The lowest BCUT2D eigenvalue weighted by Crippen LogP contribution is -2.22. The SMILES string of the molecule is Cn1cc(-c2cncc(CNC(=O)c3cc4ccccc4o3)c2)cn1. The number of nitrogens with one attached hydrogen (secondary N) is 1. The number of hydrogen-bond donors (Lipinski definition) is 1. The molecule has 3 heterocycles. The Morgan fingerprint density at radius 2 is 2.04 bits per heavy atom. The van der Waals surface area contributed by atoms with Crippen LogP contribution >= 0.6 is 0 Å². The first-order valence-electron chi connectivity index (χ1n) is 7.89. The van der Waals surface area contributed by atoms with Crippen LogP contribution in [0.5, 0.6) is 0 Å². The molecule has 1 aromatic carbocycles. The third kappa shape index (κ3) is 3.14. The monoisotopic (exact) mass is 332 g/mol. The molecular formula is C19H16N4O2. The van der Waals surface area contributed by atoms with E-state index in [4.69, 9.17) is 4.42 Å². The first kappa shape index (κ1) is 15.1. The largest absolute Gasteiger partial charge is 0.451 e. The molecule has 0 saturated carbocycles. The minimum atomic E-state index is -0.247. The molecule has 0 atom stereocenters. The van der Waals surface area contributed by atoms with E-state index in [9.17, 15) is 4.79 Å². The van der Waals surface area contributed by atoms with Crippen molar-refractivity contribution in [3.05, 3.63) is 72.5 Å². The topological polar surface area (TPSA) is 73.0 Å². The highest BCUT2D eigenvalue weighted by Crippen LogP contribution is 2.20. The fourth-order valence-electron chi connectivity index (χ4n) is 2.68. The van der Waals surface area contributed by atoms with E-state index >= 15 is 0 Å². The molecule has 6 nitrogen and oxygen atoms in total. The molecule has 1 N–H and O–H groups in total. The summed E-state index contributed by atoms with van der Waals surface area (Å²) in [5.41, 5.74) is 3.56. The number of hydrogen-bond acceptors (Lipinski definition) is 4. The van der Waals surface area contributed by atoms with Crippen molar-refractivity contribution in [1.82, 2.24) is 20.1 Å². The maximum Gasteiger partial charge on any atom is 0.287 e. The number of nitrogens with zero attached hydrogens (tertiary/aromatic N) is 3. The van der Waals surface area contributed by atoms with Crippen LogP contribution in [0.15, 0.2) is 65.6 Å². The summed E-state index contributed by atoms with van der Waals surface area (Å²) in [5.74, 6) is 0.0561. The van der Waals surface area contributed by atoms with E-state index in [0.29, 0.717) is 17.9 Å². The third-order valence-electron chi connectivity index (χ3n) is 3.94. The van der Waals surface area contributed by atoms with E-state index in [2.05, 4.69) is 15.4 Å². The summed E-state index contributed by atoms with van der Waals surface area (Å²) in [6.07, 6.45) is 7.22. The van der Waals surface area contributed by atoms with E-state index in [1.807, 2.05) is 43.6 Å². The predicted octanol–water partition coefficient (Wildman–Crippen LogP) is 3.16. The molecule has 0 unspecified atom stereocenters. The van der Waals surface area contributed by atoms with E-state index in [-0.39, 0.29) is 5.91 Å². The second-order valence-electron chi connectivity index (χ2n) is 5.82. The summed E-state index contributed by atoms with van der Waals surface area (Å²) >= 11 is 0. The highest BCUT2D eigenvalue weighted by molar-refractivity contribution is 5.96. The smallest absolute Gasteiger partial charge is 0.287 e. The van der Waals surface area contributed by atoms with Gasteiger partial charge in [-0.2, -0.15) is 5.10 Å². The molecule has 6 heteroatoms. The second-order valence-corrected chi connectivity index (χ2v) is 5.82. The Morgan fingerprint density at radius 1 is 1.16 bits per heavy atom. The van der Waals surface area contributed by atoms with Gasteiger partial charge in [0.2, 0.25) is 0 Å². The lowest BCUT2D eigenvalue weighted by molar-refractivity contribution is 0.0925. The molecule has 25 heavy (non-hydrogen) atoms. The van der Waals surface area contributed by atoms with Crippen LogP contribution in [0.2, 0.25) is 0 Å². The minimum Gasteiger partial charge on any atom is -0.451 e. The molecule has 4 aromatic rings. The van der Waals surface area contributed by atoms with E-state index in [1.54, 1.807) is 29.3 Å². The number of benzene rings is 1. The van der Waals surface area contributed by atoms with Gasteiger partial charge >= 0.3 is 0 Å². The molecule has 0 aliphatic heterocycles. The Balaban J connectivity index is 1.48. The number of fused-ring (bicyclic) bond motifs is 1. The van der Waals surface area contributed by atoms with Crippen molar-refractivity contribution in [3.8, 4) is 11.1 Å². The number of carbonyl (C=O) groups excluding carboxylic acids is 1. The molecule has 3 aromatic heterocycles. The van der Waals surface area contributed by atoms with Crippen LogP contribution in [-0.2, 0) is 13.6 Å². The molecule has 1 amide bonds. The van der Waals surface area contributed by atoms with Crippen molar-refractivity contribution in [1.29, 1.82) is 0 Å². The van der Waals surface area contributed by atoms with Crippen molar-refractivity contribution in [2.24, 2.45) is 7.05 Å². The molecular weight excluding hydrogens is 316 g/mol. The molecule has 0 radical (unpaired) electrons. The summed E-state index contributed by atoms with van der Waals surface area (Å²) in [7, 11) is 1.87. The number of rotatable bonds is 4. The number of pyridine rings is 1. The maximum absolute atomic E-state index is 12.3. The Bertz CT molecular complexity index is 1020. The first-order valence-corrected chi connectivity index (χ1v) is 7.89. The van der Waals surface area contributed by atoms with Crippen LogP contribution in [0.4, 0.5) is 0 Å². The van der Waals surface area contributed by atoms with Gasteiger partial charge < -0.3 is 9.73 Å². The van der Waals surface area contributed by atoms with E-state index in [0.717, 1.165) is 22.1 Å². The normalized spacial score (nSPS) is 10.9. The molecule has 124 valence electrons. The van der Waals surface area contributed by atoms with Crippen molar-refractivity contribution in [2.75, 3.05) is 0 Å². The zero-order chi connectivity index (χ0) is 17.2. The van der Waals surface area contributed by atoms with Gasteiger partial charge in [-0.25, -0.2) is 0 Å². The number of carbonyl (C=O) groups is 1. The Hall–Kier alpha value is -3.41. The van der Waals surface area contributed by atoms with Gasteiger partial charge in [0.1, 0.15) is 5.58 Å². The van der Waals surface area contributed by atoms with Crippen molar-refractivity contribution in [3.63, 3.8) is 0 Å². The van der Waals surface area contributed by atoms with Crippen molar-refractivity contribution in [2.45, 2.75) is 6.54 Å². The van der Waals surface area contributed by atoms with Crippen LogP contribution in [-0.4, -0.2) is 20.7 Å². The van der Waals surface area contributed by atoms with Gasteiger partial charge in [0.25, 0.3) is 5.91 Å². The zero-order valence-corrected chi connectivity index (χ0v) is 13.6. The average Bonchev–Trinajstić information content (AvgIpc) is 3.26. The molecule has 0 bridgehead atoms. The van der Waals surface area contributed by atoms with Crippen LogP contribution in [0.1, 0.15) is 16.1 Å². The van der Waals surface area contributed by atoms with Crippen molar-refractivity contribution < 1.29 is 9.21 Å². The average molecular weight is 332 g/mol. The second kappa shape index (κ2) is 6.24. The fraction of sp³-hybridized carbons (Fsp3) is 0.105. The van der Waals surface area contributed by atoms with Crippen LogP contribution < -0.4 is 5.32 Å². The van der Waals surface area contributed by atoms with Gasteiger partial charge in [-0.15, -0.1) is 0 Å². The fourth-order valence-corrected chi connectivity index (χ4v) is 2.68. The van der Waals surface area contributed by atoms with E-state index in [1.165, 1.54) is 0 Å².